The molecule has 0 aliphatic carbocycles. The molecule has 0 saturated carbocycles. The van der Waals surface area contributed by atoms with E-state index in [-0.39, 0.29) is 16.7 Å². The third kappa shape index (κ3) is 5.45. The van der Waals surface area contributed by atoms with Crippen molar-refractivity contribution in [1.82, 2.24) is 15.5 Å². The fraction of sp³-hybridized carbons (Fsp3) is 0.400. The summed E-state index contributed by atoms with van der Waals surface area (Å²) in [6, 6.07) is 6.00. The summed E-state index contributed by atoms with van der Waals surface area (Å²) in [5.74, 6) is -1.51. The molecule has 2 atom stereocenters. The number of β-lactam (4-membered cyclic amide) rings is 1. The molecule has 1 saturated heterocycles. The Kier molecular flexibility index (Phi) is 8.06. The van der Waals surface area contributed by atoms with Crippen LogP contribution in [0, 0.1) is 0 Å². The molecule has 1 unspecified atom stereocenters. The summed E-state index contributed by atoms with van der Waals surface area (Å²) in [7, 11) is 0. The quantitative estimate of drug-likeness (QED) is 0.351. The molecule has 2 aliphatic heterocycles. The van der Waals surface area contributed by atoms with Gasteiger partial charge in [-0.2, -0.15) is 0 Å². The van der Waals surface area contributed by atoms with Crippen LogP contribution in [0.2, 0.25) is 0 Å². The number of hydrogen-bond donors (Lipinski definition) is 3. The summed E-state index contributed by atoms with van der Waals surface area (Å²) in [6.45, 7) is 2.60. The Hall–Kier alpha value is -1.98. The SMILES string of the molecule is CCCCNC(=O)SCC1=C(C(=O)O)N2C(=O)C(NC(=O)c3cccc(Br)c3)[C@@H]2SC1. The summed E-state index contributed by atoms with van der Waals surface area (Å²) in [5.41, 5.74) is 0.840. The van der Waals surface area contributed by atoms with Crippen LogP contribution >= 0.6 is 39.5 Å². The largest absolute Gasteiger partial charge is 0.477 e. The lowest BCUT2D eigenvalue weighted by molar-refractivity contribution is -0.148. The van der Waals surface area contributed by atoms with Gasteiger partial charge in [-0.15, -0.1) is 11.8 Å². The van der Waals surface area contributed by atoms with Crippen molar-refractivity contribution in [2.75, 3.05) is 18.1 Å². The molecule has 1 aromatic rings. The summed E-state index contributed by atoms with van der Waals surface area (Å²) < 4.78 is 0.741. The number of carbonyl (C=O) groups is 4. The molecule has 11 heteroatoms. The average Bonchev–Trinajstić information content (AvgIpc) is 2.75. The van der Waals surface area contributed by atoms with E-state index in [0.717, 1.165) is 29.1 Å². The number of nitrogens with one attached hydrogen (secondary N) is 2. The Morgan fingerprint density at radius 1 is 1.35 bits per heavy atom. The monoisotopic (exact) mass is 527 g/mol. The summed E-state index contributed by atoms with van der Waals surface area (Å²) in [5, 5.41) is 14.5. The fourth-order valence-electron chi connectivity index (χ4n) is 3.22. The molecule has 0 spiro atoms. The second-order valence-electron chi connectivity index (χ2n) is 6.99. The molecular weight excluding hydrogens is 506 g/mol. The minimum Gasteiger partial charge on any atom is -0.477 e. The van der Waals surface area contributed by atoms with Crippen LogP contribution in [0.15, 0.2) is 40.0 Å². The van der Waals surface area contributed by atoms with Crippen molar-refractivity contribution in [3.05, 3.63) is 45.6 Å². The zero-order chi connectivity index (χ0) is 22.5. The first-order valence-corrected chi connectivity index (χ1v) is 12.5. The molecule has 166 valence electrons. The maximum atomic E-state index is 12.7. The van der Waals surface area contributed by atoms with E-state index in [2.05, 4.69) is 26.6 Å². The number of carbonyl (C=O) groups excluding carboxylic acids is 3. The van der Waals surface area contributed by atoms with Crippen molar-refractivity contribution in [2.24, 2.45) is 0 Å². The van der Waals surface area contributed by atoms with Gasteiger partial charge >= 0.3 is 5.97 Å². The predicted molar refractivity (Wildman–Crippen MR) is 124 cm³/mol. The highest BCUT2D eigenvalue weighted by Gasteiger charge is 2.54. The van der Waals surface area contributed by atoms with E-state index in [1.165, 1.54) is 16.7 Å². The van der Waals surface area contributed by atoms with Gasteiger partial charge in [0.15, 0.2) is 0 Å². The maximum Gasteiger partial charge on any atom is 0.352 e. The number of rotatable bonds is 8. The zero-order valence-electron chi connectivity index (χ0n) is 16.7. The van der Waals surface area contributed by atoms with Crippen LogP contribution in [0.3, 0.4) is 0 Å². The number of aliphatic carboxylic acids is 1. The van der Waals surface area contributed by atoms with Crippen molar-refractivity contribution in [3.63, 3.8) is 0 Å². The molecule has 8 nitrogen and oxygen atoms in total. The van der Waals surface area contributed by atoms with Crippen LogP contribution in [0.25, 0.3) is 0 Å². The molecule has 0 bridgehead atoms. The Bertz CT molecular complexity index is 939. The Labute approximate surface area is 196 Å². The second kappa shape index (κ2) is 10.6. The molecule has 0 aromatic heterocycles. The van der Waals surface area contributed by atoms with Gasteiger partial charge in [-0.3, -0.25) is 19.3 Å². The minimum absolute atomic E-state index is 0.0874. The summed E-state index contributed by atoms with van der Waals surface area (Å²) >= 11 is 5.69. The number of fused-ring (bicyclic) bond motifs is 1. The van der Waals surface area contributed by atoms with Gasteiger partial charge in [0.05, 0.1) is 0 Å². The first kappa shape index (κ1) is 23.7. The predicted octanol–water partition coefficient (Wildman–Crippen LogP) is 3.04. The third-order valence-corrected chi connectivity index (χ3v) is 7.53. The first-order chi connectivity index (χ1) is 14.8. The highest BCUT2D eigenvalue weighted by molar-refractivity contribution is 9.10. The van der Waals surface area contributed by atoms with Gasteiger partial charge in [0, 0.05) is 28.1 Å². The van der Waals surface area contributed by atoms with Crippen LogP contribution < -0.4 is 10.6 Å². The van der Waals surface area contributed by atoms with Crippen molar-refractivity contribution in [2.45, 2.75) is 31.2 Å². The number of halogens is 1. The smallest absolute Gasteiger partial charge is 0.352 e. The van der Waals surface area contributed by atoms with E-state index in [4.69, 9.17) is 0 Å². The molecule has 1 aromatic carbocycles. The minimum atomic E-state index is -1.21. The number of carboxylic acids is 1. The Morgan fingerprint density at radius 2 is 2.13 bits per heavy atom. The first-order valence-electron chi connectivity index (χ1n) is 9.70. The van der Waals surface area contributed by atoms with Gasteiger partial charge in [-0.1, -0.05) is 47.1 Å². The van der Waals surface area contributed by atoms with Crippen molar-refractivity contribution in [1.29, 1.82) is 0 Å². The highest BCUT2D eigenvalue weighted by atomic mass is 79.9. The van der Waals surface area contributed by atoms with E-state index in [0.29, 0.717) is 23.4 Å². The standard InChI is InChI=1S/C20H22BrN3O5S2/c1-2-3-7-22-20(29)31-10-12-9-30-18-14(17(26)24(18)15(12)19(27)28)23-16(25)11-5-4-6-13(21)8-11/h4-6,8,14,18H,2-3,7,9-10H2,1H3,(H,22,29)(H,23,25)(H,27,28)/t14?,18-/m0/s1. The molecule has 31 heavy (non-hydrogen) atoms. The van der Waals surface area contributed by atoms with Gasteiger partial charge in [0.25, 0.3) is 17.1 Å². The van der Waals surface area contributed by atoms with E-state index in [1.807, 2.05) is 6.92 Å². The number of unbranched alkanes of at least 4 members (excludes halogenated alkanes) is 1. The number of amides is 3. The van der Waals surface area contributed by atoms with E-state index >= 15 is 0 Å². The number of thioether (sulfide) groups is 2. The van der Waals surface area contributed by atoms with Crippen LogP contribution in [-0.4, -0.2) is 62.5 Å². The van der Waals surface area contributed by atoms with Crippen LogP contribution in [-0.2, 0) is 9.59 Å². The van der Waals surface area contributed by atoms with Crippen LogP contribution in [0.1, 0.15) is 30.1 Å². The molecule has 2 heterocycles. The van der Waals surface area contributed by atoms with Gasteiger partial charge in [0.1, 0.15) is 17.1 Å². The lowest BCUT2D eigenvalue weighted by atomic mass is 10.0. The van der Waals surface area contributed by atoms with Crippen LogP contribution in [0.4, 0.5) is 4.79 Å². The average molecular weight is 528 g/mol. The Morgan fingerprint density at radius 3 is 2.81 bits per heavy atom. The van der Waals surface area contributed by atoms with Crippen molar-refractivity contribution >= 4 is 62.5 Å². The third-order valence-electron chi connectivity index (χ3n) is 4.80. The van der Waals surface area contributed by atoms with Gasteiger partial charge < -0.3 is 15.7 Å². The van der Waals surface area contributed by atoms with Crippen molar-refractivity contribution in [3.8, 4) is 0 Å². The normalized spacial score (nSPS) is 20.1. The molecular formula is C20H22BrN3O5S2. The molecule has 2 aliphatic rings. The number of benzene rings is 1. The van der Waals surface area contributed by atoms with Gasteiger partial charge in [0.2, 0.25) is 0 Å². The van der Waals surface area contributed by atoms with Gasteiger partial charge in [-0.25, -0.2) is 4.79 Å². The van der Waals surface area contributed by atoms with Gasteiger partial charge in [-0.05, 0) is 30.2 Å². The lowest BCUT2D eigenvalue weighted by Crippen LogP contribution is -2.70. The fourth-order valence-corrected chi connectivity index (χ4v) is 5.84. The number of nitrogens with zero attached hydrogens (tertiary/aromatic N) is 1. The lowest BCUT2D eigenvalue weighted by Gasteiger charge is -2.49. The summed E-state index contributed by atoms with van der Waals surface area (Å²) in [4.78, 5) is 50.2. The Balaban J connectivity index is 1.66. The molecule has 3 rings (SSSR count). The molecule has 3 amide bonds. The van der Waals surface area contributed by atoms with E-state index in [1.54, 1.807) is 24.3 Å². The highest BCUT2D eigenvalue weighted by Crippen LogP contribution is 2.41. The second-order valence-corrected chi connectivity index (χ2v) is 9.95. The summed E-state index contributed by atoms with van der Waals surface area (Å²) in [6.07, 6.45) is 1.84. The number of hydrogen-bond acceptors (Lipinski definition) is 6. The maximum absolute atomic E-state index is 12.7. The molecule has 0 radical (unpaired) electrons. The van der Waals surface area contributed by atoms with E-state index in [9.17, 15) is 24.3 Å². The van der Waals surface area contributed by atoms with E-state index < -0.39 is 29.2 Å². The number of carboxylic acid groups (broad SMARTS) is 1. The van der Waals surface area contributed by atoms with Crippen molar-refractivity contribution < 1.29 is 24.3 Å². The zero-order valence-corrected chi connectivity index (χ0v) is 19.9. The molecule has 1 fully saturated rings. The molecule has 3 N–H and O–H groups in total. The van der Waals surface area contributed by atoms with Crippen LogP contribution in [0.5, 0.6) is 0 Å². The topological polar surface area (TPSA) is 116 Å².